The fourth-order valence-electron chi connectivity index (χ4n) is 3.86. The van der Waals surface area contributed by atoms with Crippen LogP contribution in [0.5, 0.6) is 0 Å². The van der Waals surface area contributed by atoms with Crippen LogP contribution >= 0.6 is 23.2 Å². The van der Waals surface area contributed by atoms with E-state index in [-0.39, 0.29) is 23.4 Å². The lowest BCUT2D eigenvalue weighted by atomic mass is 10.1. The van der Waals surface area contributed by atoms with Gasteiger partial charge in [-0.3, -0.25) is 13.9 Å². The van der Waals surface area contributed by atoms with Crippen LogP contribution in [0.15, 0.2) is 77.7 Å². The Bertz CT molecular complexity index is 1380. The minimum absolute atomic E-state index is 0.00666. The van der Waals surface area contributed by atoms with Crippen molar-refractivity contribution in [2.24, 2.45) is 0 Å². The lowest BCUT2D eigenvalue weighted by Crippen LogP contribution is -2.52. The Morgan fingerprint density at radius 3 is 1.97 bits per heavy atom. The molecular weight excluding hydrogens is 545 g/mol. The van der Waals surface area contributed by atoms with E-state index in [0.29, 0.717) is 21.3 Å². The van der Waals surface area contributed by atoms with Crippen molar-refractivity contribution in [2.75, 3.05) is 10.8 Å². The smallest absolute Gasteiger partial charge is 0.264 e. The molecule has 1 atom stereocenters. The van der Waals surface area contributed by atoms with Gasteiger partial charge in [-0.15, -0.1) is 0 Å². The molecule has 3 aromatic rings. The van der Waals surface area contributed by atoms with Crippen molar-refractivity contribution in [2.45, 2.75) is 51.2 Å². The van der Waals surface area contributed by atoms with Crippen LogP contribution < -0.4 is 9.62 Å². The number of nitrogens with one attached hydrogen (secondary N) is 1. The number of anilines is 1. The summed E-state index contributed by atoms with van der Waals surface area (Å²) < 4.78 is 28.7. The van der Waals surface area contributed by atoms with Gasteiger partial charge < -0.3 is 10.2 Å². The average Bonchev–Trinajstić information content (AvgIpc) is 2.86. The minimum atomic E-state index is -4.16. The molecule has 3 aromatic carbocycles. The number of rotatable bonds is 10. The van der Waals surface area contributed by atoms with E-state index in [1.165, 1.54) is 29.2 Å². The van der Waals surface area contributed by atoms with E-state index >= 15 is 0 Å². The third-order valence-electron chi connectivity index (χ3n) is 5.93. The quantitative estimate of drug-likeness (QED) is 0.348. The molecule has 0 saturated heterocycles. The number of aryl methyl sites for hydroxylation is 1. The fourth-order valence-corrected chi connectivity index (χ4v) is 5.60. The number of hydrogen-bond donors (Lipinski definition) is 1. The third kappa shape index (κ3) is 7.28. The molecule has 0 aliphatic heterocycles. The van der Waals surface area contributed by atoms with E-state index in [4.69, 9.17) is 23.2 Å². The molecule has 1 N–H and O–H groups in total. The second-order valence-corrected chi connectivity index (χ2v) is 12.0. The van der Waals surface area contributed by atoms with E-state index in [0.717, 1.165) is 9.87 Å². The Morgan fingerprint density at radius 1 is 0.868 bits per heavy atom. The molecule has 0 radical (unpaired) electrons. The molecule has 0 aromatic heterocycles. The van der Waals surface area contributed by atoms with Crippen LogP contribution in [0.25, 0.3) is 0 Å². The molecule has 0 spiro atoms. The maximum atomic E-state index is 13.9. The molecule has 0 unspecified atom stereocenters. The number of para-hydroxylation sites is 1. The number of carbonyl (C=O) groups excluding carboxylic acids is 2. The zero-order valence-corrected chi connectivity index (χ0v) is 24.0. The summed E-state index contributed by atoms with van der Waals surface area (Å²) in [6.45, 7) is 6.63. The molecule has 2 amide bonds. The number of nitrogens with zero attached hydrogens (tertiary/aromatic N) is 2. The van der Waals surface area contributed by atoms with Gasteiger partial charge in [-0.1, -0.05) is 53.5 Å². The lowest BCUT2D eigenvalue weighted by molar-refractivity contribution is -0.139. The summed E-state index contributed by atoms with van der Waals surface area (Å²) in [7, 11) is -4.16. The van der Waals surface area contributed by atoms with Gasteiger partial charge in [0.25, 0.3) is 10.0 Å². The first kappa shape index (κ1) is 29.5. The van der Waals surface area contributed by atoms with Crippen molar-refractivity contribution in [1.29, 1.82) is 0 Å². The van der Waals surface area contributed by atoms with E-state index < -0.39 is 28.5 Å². The summed E-state index contributed by atoms with van der Waals surface area (Å²) in [5, 5.41) is 3.76. The van der Waals surface area contributed by atoms with Gasteiger partial charge in [0, 0.05) is 22.6 Å². The highest BCUT2D eigenvalue weighted by Crippen LogP contribution is 2.28. The summed E-state index contributed by atoms with van der Waals surface area (Å²) in [5.41, 5.74) is 1.78. The first-order chi connectivity index (χ1) is 17.9. The molecule has 0 fully saturated rings. The molecule has 0 aliphatic rings. The maximum Gasteiger partial charge on any atom is 0.264 e. The Hall–Kier alpha value is -3.07. The number of hydrogen-bond acceptors (Lipinski definition) is 4. The van der Waals surface area contributed by atoms with E-state index in [9.17, 15) is 18.0 Å². The molecule has 0 heterocycles. The number of amides is 2. The van der Waals surface area contributed by atoms with Crippen LogP contribution in [-0.4, -0.2) is 43.8 Å². The Kier molecular flexibility index (Phi) is 9.82. The summed E-state index contributed by atoms with van der Waals surface area (Å²) in [4.78, 5) is 28.2. The van der Waals surface area contributed by atoms with Crippen LogP contribution in [0.1, 0.15) is 31.9 Å². The van der Waals surface area contributed by atoms with Gasteiger partial charge >= 0.3 is 0 Å². The zero-order valence-electron chi connectivity index (χ0n) is 21.7. The molecule has 7 nitrogen and oxygen atoms in total. The number of halogens is 2. The van der Waals surface area contributed by atoms with Gasteiger partial charge in [-0.25, -0.2) is 8.42 Å². The Morgan fingerprint density at radius 2 is 1.42 bits per heavy atom. The topological polar surface area (TPSA) is 86.8 Å². The maximum absolute atomic E-state index is 13.9. The van der Waals surface area contributed by atoms with E-state index in [1.54, 1.807) is 62.4 Å². The molecule has 10 heteroatoms. The van der Waals surface area contributed by atoms with Crippen LogP contribution in [0.2, 0.25) is 10.0 Å². The Balaban J connectivity index is 2.04. The normalized spacial score (nSPS) is 12.2. The molecule has 0 aliphatic carbocycles. The molecule has 38 heavy (non-hydrogen) atoms. The van der Waals surface area contributed by atoms with Gasteiger partial charge in [0.1, 0.15) is 12.6 Å². The monoisotopic (exact) mass is 575 g/mol. The zero-order chi connectivity index (χ0) is 28.0. The van der Waals surface area contributed by atoms with E-state index in [2.05, 4.69) is 5.32 Å². The van der Waals surface area contributed by atoms with E-state index in [1.807, 2.05) is 13.8 Å². The Labute approximate surface area is 234 Å². The highest BCUT2D eigenvalue weighted by atomic mass is 35.5. The summed E-state index contributed by atoms with van der Waals surface area (Å²) >= 11 is 12.0. The second kappa shape index (κ2) is 12.7. The van der Waals surface area contributed by atoms with Gasteiger partial charge in [0.05, 0.1) is 10.6 Å². The predicted octanol–water partition coefficient (Wildman–Crippen LogP) is 5.44. The van der Waals surface area contributed by atoms with Gasteiger partial charge in [0.15, 0.2) is 0 Å². The van der Waals surface area contributed by atoms with Gasteiger partial charge in [-0.2, -0.15) is 0 Å². The van der Waals surface area contributed by atoms with Crippen molar-refractivity contribution < 1.29 is 18.0 Å². The van der Waals surface area contributed by atoms with Crippen molar-refractivity contribution in [3.8, 4) is 0 Å². The predicted molar refractivity (Wildman–Crippen MR) is 152 cm³/mol. The highest BCUT2D eigenvalue weighted by Gasteiger charge is 2.33. The van der Waals surface area contributed by atoms with Crippen LogP contribution in [0.3, 0.4) is 0 Å². The third-order valence-corrected chi connectivity index (χ3v) is 8.21. The highest BCUT2D eigenvalue weighted by molar-refractivity contribution is 7.92. The average molecular weight is 577 g/mol. The van der Waals surface area contributed by atoms with Crippen molar-refractivity contribution in [1.82, 2.24) is 10.2 Å². The van der Waals surface area contributed by atoms with Crippen molar-refractivity contribution >= 4 is 50.7 Å². The lowest BCUT2D eigenvalue weighted by Gasteiger charge is -2.32. The van der Waals surface area contributed by atoms with Crippen molar-refractivity contribution in [3.05, 3.63) is 94.0 Å². The van der Waals surface area contributed by atoms with Gasteiger partial charge in [0.2, 0.25) is 11.8 Å². The first-order valence-electron chi connectivity index (χ1n) is 12.1. The fraction of sp³-hybridized carbons (Fsp3) is 0.286. The number of carbonyl (C=O) groups is 2. The van der Waals surface area contributed by atoms with Crippen molar-refractivity contribution in [3.63, 3.8) is 0 Å². The van der Waals surface area contributed by atoms with Crippen LogP contribution in [0.4, 0.5) is 5.69 Å². The number of benzene rings is 3. The molecule has 0 bridgehead atoms. The number of sulfonamides is 1. The van der Waals surface area contributed by atoms with Crippen LogP contribution in [0, 0.1) is 6.92 Å². The largest absolute Gasteiger partial charge is 0.352 e. The molecule has 202 valence electrons. The standard InChI is InChI=1S/C28H31Cl2N3O4S/c1-19(2)31-28(35)21(4)32(17-22-9-11-23(29)12-10-22)27(34)18-33(26-8-6-5-7-20(26)3)38(36,37)25-15-13-24(30)14-16-25/h5-16,19,21H,17-18H2,1-4H3,(H,31,35)/t21-/m0/s1. The SMILES string of the molecule is Cc1ccccc1N(CC(=O)N(Cc1ccc(Cl)cc1)[C@@H](C)C(=O)NC(C)C)S(=O)(=O)c1ccc(Cl)cc1. The first-order valence-corrected chi connectivity index (χ1v) is 14.3. The molecular formula is C28H31Cl2N3O4S. The molecule has 0 saturated carbocycles. The summed E-state index contributed by atoms with van der Waals surface area (Å²) in [5.74, 6) is -0.877. The summed E-state index contributed by atoms with van der Waals surface area (Å²) in [6.07, 6.45) is 0. The van der Waals surface area contributed by atoms with Gasteiger partial charge in [-0.05, 0) is 81.3 Å². The molecule has 3 rings (SSSR count). The second-order valence-electron chi connectivity index (χ2n) is 9.24. The summed E-state index contributed by atoms with van der Waals surface area (Å²) in [6, 6.07) is 18.6. The van der Waals surface area contributed by atoms with Crippen LogP contribution in [-0.2, 0) is 26.2 Å². The minimum Gasteiger partial charge on any atom is -0.352 e.